The highest BCUT2D eigenvalue weighted by Crippen LogP contribution is 2.29. The van der Waals surface area contributed by atoms with Crippen molar-refractivity contribution in [3.8, 4) is 28.7 Å². The summed E-state index contributed by atoms with van der Waals surface area (Å²) in [5.74, 6) is -0.580. The van der Waals surface area contributed by atoms with Crippen molar-refractivity contribution < 1.29 is 42.9 Å². The van der Waals surface area contributed by atoms with E-state index in [1.165, 1.54) is 40.0 Å². The van der Waals surface area contributed by atoms with E-state index in [0.29, 0.717) is 22.6 Å². The Morgan fingerprint density at radius 2 is 1.10 bits per heavy atom. The molecule has 9 heteroatoms. The molecule has 3 aromatic rings. The number of carbonyl (C=O) groups is 4. The molecule has 0 spiro atoms. The summed E-state index contributed by atoms with van der Waals surface area (Å²) in [6, 6.07) is 16.4. The lowest BCUT2D eigenvalue weighted by molar-refractivity contribution is -0.133. The molecule has 0 unspecified atom stereocenters. The summed E-state index contributed by atoms with van der Waals surface area (Å²) in [5, 5.41) is 0. The monoisotopic (exact) mass is 530 g/mol. The van der Waals surface area contributed by atoms with Crippen LogP contribution in [0.15, 0.2) is 66.7 Å². The number of benzene rings is 3. The average molecular weight is 531 g/mol. The lowest BCUT2D eigenvalue weighted by atomic mass is 10.1. The zero-order chi connectivity index (χ0) is 28.4. The Bertz CT molecular complexity index is 1400. The van der Waals surface area contributed by atoms with Crippen molar-refractivity contribution in [3.63, 3.8) is 0 Å². The summed E-state index contributed by atoms with van der Waals surface area (Å²) in [6.45, 7) is 3.85. The van der Waals surface area contributed by atoms with Crippen LogP contribution in [0.5, 0.6) is 28.7 Å². The fraction of sp³-hybridized carbons (Fsp3) is 0.133. The summed E-state index contributed by atoms with van der Waals surface area (Å²) in [6.07, 6.45) is 6.37. The molecule has 0 amide bonds. The highest BCUT2D eigenvalue weighted by molar-refractivity contribution is 5.89. The maximum absolute atomic E-state index is 12.3. The molecule has 39 heavy (non-hydrogen) atoms. The Morgan fingerprint density at radius 1 is 0.538 bits per heavy atom. The second kappa shape index (κ2) is 13.4. The van der Waals surface area contributed by atoms with E-state index < -0.39 is 23.9 Å². The molecule has 0 atom stereocenters. The first-order valence-corrected chi connectivity index (χ1v) is 11.7. The van der Waals surface area contributed by atoms with Gasteiger partial charge in [-0.1, -0.05) is 30.4 Å². The van der Waals surface area contributed by atoms with Gasteiger partial charge in [-0.15, -0.1) is 0 Å². The molecule has 3 rings (SSSR count). The second-order valence-corrected chi connectivity index (χ2v) is 8.09. The normalized spacial score (nSPS) is 10.8. The van der Waals surface area contributed by atoms with Crippen molar-refractivity contribution >= 4 is 42.1 Å². The van der Waals surface area contributed by atoms with E-state index >= 15 is 0 Å². The van der Waals surface area contributed by atoms with Crippen LogP contribution in [0.25, 0.3) is 18.2 Å². The lowest BCUT2D eigenvalue weighted by Crippen LogP contribution is -2.04. The van der Waals surface area contributed by atoms with Gasteiger partial charge in [0.15, 0.2) is 11.5 Å². The molecule has 0 saturated heterocycles. The smallest absolute Gasteiger partial charge is 0.336 e. The van der Waals surface area contributed by atoms with Crippen LogP contribution in [0.3, 0.4) is 0 Å². The van der Waals surface area contributed by atoms with Gasteiger partial charge in [-0.25, -0.2) is 4.79 Å². The molecule has 200 valence electrons. The number of rotatable bonds is 9. The minimum atomic E-state index is -0.582. The van der Waals surface area contributed by atoms with Gasteiger partial charge in [-0.3, -0.25) is 14.4 Å². The van der Waals surface area contributed by atoms with E-state index in [-0.39, 0.29) is 17.2 Å². The minimum Gasteiger partial charge on any atom is -0.493 e. The number of ether oxygens (including phenoxy) is 5. The predicted octanol–water partition coefficient (Wildman–Crippen LogP) is 5.26. The Balaban J connectivity index is 1.65. The van der Waals surface area contributed by atoms with Crippen LogP contribution < -0.4 is 23.7 Å². The van der Waals surface area contributed by atoms with Crippen molar-refractivity contribution in [3.05, 3.63) is 83.4 Å². The topological polar surface area (TPSA) is 114 Å². The summed E-state index contributed by atoms with van der Waals surface area (Å²) in [5.41, 5.74) is 2.09. The molecule has 0 heterocycles. The Kier molecular flexibility index (Phi) is 9.75. The van der Waals surface area contributed by atoms with Crippen LogP contribution in [0.4, 0.5) is 0 Å². The second-order valence-electron chi connectivity index (χ2n) is 8.09. The van der Waals surface area contributed by atoms with E-state index in [1.54, 1.807) is 72.8 Å². The number of methoxy groups -OCH3 is 1. The molecule has 0 N–H and O–H groups in total. The van der Waals surface area contributed by atoms with E-state index in [9.17, 15) is 19.2 Å². The van der Waals surface area contributed by atoms with Crippen molar-refractivity contribution in [1.82, 2.24) is 0 Å². The van der Waals surface area contributed by atoms with E-state index in [1.807, 2.05) is 0 Å². The van der Waals surface area contributed by atoms with Gasteiger partial charge in [-0.05, 0) is 59.2 Å². The maximum Gasteiger partial charge on any atom is 0.336 e. The molecule has 0 aliphatic carbocycles. The minimum absolute atomic E-state index is 0.245. The van der Waals surface area contributed by atoms with Crippen LogP contribution in [0, 0.1) is 0 Å². The molecule has 0 saturated carbocycles. The zero-order valence-corrected chi connectivity index (χ0v) is 21.8. The molecule has 0 aliphatic heterocycles. The first-order valence-electron chi connectivity index (χ1n) is 11.7. The third-order valence-corrected chi connectivity index (χ3v) is 4.85. The molecule has 0 aromatic heterocycles. The van der Waals surface area contributed by atoms with Crippen LogP contribution in [0.1, 0.15) is 37.5 Å². The predicted molar refractivity (Wildman–Crippen MR) is 143 cm³/mol. The molecule has 0 aliphatic rings. The highest BCUT2D eigenvalue weighted by atomic mass is 16.6. The van der Waals surface area contributed by atoms with Gasteiger partial charge in [0.1, 0.15) is 17.2 Å². The molecule has 0 fully saturated rings. The molecular weight excluding hydrogens is 504 g/mol. The molecule has 9 nitrogen and oxygen atoms in total. The SMILES string of the molecule is COc1cc(C=CC(=O)Oc2ccc(/C=C/c3cc(OC(C)=O)cc(OC(C)=O)c3)cc2)ccc1OC(C)=O. The molecule has 0 radical (unpaired) electrons. The number of esters is 4. The van der Waals surface area contributed by atoms with E-state index in [4.69, 9.17) is 23.7 Å². The Hall–Kier alpha value is -5.18. The van der Waals surface area contributed by atoms with Crippen LogP contribution >= 0.6 is 0 Å². The van der Waals surface area contributed by atoms with Gasteiger partial charge in [0.25, 0.3) is 0 Å². The van der Waals surface area contributed by atoms with Gasteiger partial charge in [0.05, 0.1) is 7.11 Å². The maximum atomic E-state index is 12.3. The number of hydrogen-bond acceptors (Lipinski definition) is 9. The highest BCUT2D eigenvalue weighted by Gasteiger charge is 2.08. The van der Waals surface area contributed by atoms with Crippen molar-refractivity contribution in [2.24, 2.45) is 0 Å². The van der Waals surface area contributed by atoms with Crippen LogP contribution in [0.2, 0.25) is 0 Å². The van der Waals surface area contributed by atoms with E-state index in [2.05, 4.69) is 0 Å². The number of carbonyl (C=O) groups excluding carboxylic acids is 4. The summed E-state index contributed by atoms with van der Waals surface area (Å²) < 4.78 is 25.9. The van der Waals surface area contributed by atoms with Gasteiger partial charge >= 0.3 is 23.9 Å². The number of hydrogen-bond donors (Lipinski definition) is 0. The van der Waals surface area contributed by atoms with Gasteiger partial charge < -0.3 is 23.7 Å². The largest absolute Gasteiger partial charge is 0.493 e. The van der Waals surface area contributed by atoms with E-state index in [0.717, 1.165) is 5.56 Å². The first kappa shape index (κ1) is 28.4. The summed E-state index contributed by atoms with van der Waals surface area (Å²) in [4.78, 5) is 46.1. The summed E-state index contributed by atoms with van der Waals surface area (Å²) in [7, 11) is 1.45. The third kappa shape index (κ3) is 9.32. The van der Waals surface area contributed by atoms with Crippen molar-refractivity contribution in [2.45, 2.75) is 20.8 Å². The molecule has 3 aromatic carbocycles. The Labute approximate surface area is 225 Å². The standard InChI is InChI=1S/C30H26O9/c1-19(31)36-26-15-24(16-27(18-26)37-20(2)32)6-5-22-7-11-25(12-8-22)39-30(34)14-10-23-9-13-28(38-21(3)33)29(17-23)35-4/h5-18H,1-4H3/b6-5+,14-10?. The van der Waals surface area contributed by atoms with Crippen molar-refractivity contribution in [1.29, 1.82) is 0 Å². The Morgan fingerprint density at radius 3 is 1.67 bits per heavy atom. The molecule has 0 bridgehead atoms. The summed E-state index contributed by atoms with van der Waals surface area (Å²) >= 11 is 0. The quantitative estimate of drug-likeness (QED) is 0.158. The van der Waals surface area contributed by atoms with Crippen LogP contribution in [-0.4, -0.2) is 31.0 Å². The lowest BCUT2D eigenvalue weighted by Gasteiger charge is -2.08. The van der Waals surface area contributed by atoms with Gasteiger partial charge in [0.2, 0.25) is 0 Å². The fourth-order valence-electron chi connectivity index (χ4n) is 3.32. The van der Waals surface area contributed by atoms with Gasteiger partial charge in [0, 0.05) is 32.9 Å². The van der Waals surface area contributed by atoms with Crippen molar-refractivity contribution in [2.75, 3.05) is 7.11 Å². The average Bonchev–Trinajstić information content (AvgIpc) is 2.86. The first-order chi connectivity index (χ1) is 18.6. The third-order valence-electron chi connectivity index (χ3n) is 4.85. The molecular formula is C30H26O9. The van der Waals surface area contributed by atoms with Gasteiger partial charge in [-0.2, -0.15) is 0 Å². The fourth-order valence-corrected chi connectivity index (χ4v) is 3.32. The van der Waals surface area contributed by atoms with Crippen LogP contribution in [-0.2, 0) is 19.2 Å². The zero-order valence-electron chi connectivity index (χ0n) is 21.8.